The molecule has 138 valence electrons. The van der Waals surface area contributed by atoms with Crippen LogP contribution in [-0.4, -0.2) is 25.0 Å². The van der Waals surface area contributed by atoms with Crippen LogP contribution in [0.3, 0.4) is 0 Å². The fourth-order valence-corrected chi connectivity index (χ4v) is 2.57. The maximum Gasteiger partial charge on any atom is 0.257 e. The van der Waals surface area contributed by atoms with Gasteiger partial charge in [0.1, 0.15) is 34.8 Å². The Labute approximate surface area is 151 Å². The molecule has 0 aromatic heterocycles. The lowest BCUT2D eigenvalue weighted by Gasteiger charge is -2.17. The number of hydrogen-bond donors (Lipinski definition) is 2. The minimum Gasteiger partial charge on any atom is -0.495 e. The second-order valence-corrected chi connectivity index (χ2v) is 5.75. The van der Waals surface area contributed by atoms with Gasteiger partial charge in [0.05, 0.1) is 12.1 Å². The first-order valence-electron chi connectivity index (χ1n) is 7.30. The molecule has 0 aliphatic rings. The molecule has 2 rings (SSSR count). The summed E-state index contributed by atoms with van der Waals surface area (Å²) in [4.78, 5) is 23.7. The average Bonchev–Trinajstić information content (AvgIpc) is 2.53. The maximum atomic E-state index is 13.7. The summed E-state index contributed by atoms with van der Waals surface area (Å²) < 4.78 is 45.3. The maximum absolute atomic E-state index is 13.7. The number of ether oxygens (including phenoxy) is 1. The van der Waals surface area contributed by atoms with Gasteiger partial charge in [-0.3, -0.25) is 9.59 Å². The number of primary amides is 1. The Morgan fingerprint density at radius 1 is 1.19 bits per heavy atom. The van der Waals surface area contributed by atoms with E-state index in [0.717, 1.165) is 0 Å². The Morgan fingerprint density at radius 2 is 1.81 bits per heavy atom. The minimum atomic E-state index is -1.39. The van der Waals surface area contributed by atoms with E-state index in [-0.39, 0.29) is 11.4 Å². The third kappa shape index (κ3) is 4.45. The number of halogens is 4. The van der Waals surface area contributed by atoms with Gasteiger partial charge in [-0.05, 0) is 17.7 Å². The summed E-state index contributed by atoms with van der Waals surface area (Å²) >= 11 is 5.99. The minimum absolute atomic E-state index is 0.0742. The highest BCUT2D eigenvalue weighted by Gasteiger charge is 2.24. The molecule has 9 heteroatoms. The van der Waals surface area contributed by atoms with E-state index in [0.29, 0.717) is 23.4 Å². The van der Waals surface area contributed by atoms with Crippen LogP contribution in [-0.2, 0) is 11.2 Å². The molecule has 0 saturated carbocycles. The Balaban J connectivity index is 2.22. The van der Waals surface area contributed by atoms with E-state index in [1.54, 1.807) is 12.1 Å². The van der Waals surface area contributed by atoms with Crippen molar-refractivity contribution in [3.63, 3.8) is 0 Å². The molecule has 0 spiro atoms. The Morgan fingerprint density at radius 3 is 2.31 bits per heavy atom. The summed E-state index contributed by atoms with van der Waals surface area (Å²) in [6.45, 7) is 0. The zero-order chi connectivity index (χ0) is 19.4. The van der Waals surface area contributed by atoms with Crippen LogP contribution in [0, 0.1) is 17.5 Å². The Kier molecular flexibility index (Phi) is 6.10. The van der Waals surface area contributed by atoms with Crippen LogP contribution in [0.15, 0.2) is 30.3 Å². The van der Waals surface area contributed by atoms with Crippen LogP contribution < -0.4 is 15.8 Å². The van der Waals surface area contributed by atoms with Crippen LogP contribution in [0.1, 0.15) is 15.9 Å². The highest BCUT2D eigenvalue weighted by Crippen LogP contribution is 2.25. The number of amides is 2. The molecule has 0 fully saturated rings. The summed E-state index contributed by atoms with van der Waals surface area (Å²) in [6, 6.07) is 4.10. The second-order valence-electron chi connectivity index (χ2n) is 5.35. The van der Waals surface area contributed by atoms with Crippen molar-refractivity contribution >= 4 is 23.4 Å². The number of carbonyl (C=O) groups is 2. The van der Waals surface area contributed by atoms with Gasteiger partial charge < -0.3 is 15.8 Å². The number of methoxy groups -OCH3 is 1. The van der Waals surface area contributed by atoms with Crippen LogP contribution >= 0.6 is 11.6 Å². The number of rotatable bonds is 6. The smallest absolute Gasteiger partial charge is 0.257 e. The van der Waals surface area contributed by atoms with Crippen LogP contribution in [0.2, 0.25) is 5.02 Å². The molecule has 0 aliphatic carbocycles. The molecule has 5 nitrogen and oxygen atoms in total. The summed E-state index contributed by atoms with van der Waals surface area (Å²) in [5, 5.41) is 2.41. The molecule has 0 aliphatic heterocycles. The van der Waals surface area contributed by atoms with Gasteiger partial charge >= 0.3 is 0 Å². The molecule has 0 unspecified atom stereocenters. The third-order valence-corrected chi connectivity index (χ3v) is 3.83. The molecule has 0 saturated heterocycles. The van der Waals surface area contributed by atoms with Crippen molar-refractivity contribution in [3.8, 4) is 5.75 Å². The van der Waals surface area contributed by atoms with Crippen LogP contribution in [0.5, 0.6) is 5.75 Å². The molecule has 2 amide bonds. The monoisotopic (exact) mass is 386 g/mol. The summed E-state index contributed by atoms with van der Waals surface area (Å²) in [7, 11) is 1.43. The van der Waals surface area contributed by atoms with Crippen LogP contribution in [0.25, 0.3) is 0 Å². The quantitative estimate of drug-likeness (QED) is 0.800. The summed E-state index contributed by atoms with van der Waals surface area (Å²) in [5.74, 6) is -5.70. The Bertz CT molecular complexity index is 838. The normalized spacial score (nSPS) is 11.7. The fraction of sp³-hybridized carbons (Fsp3) is 0.176. The molecule has 2 aromatic rings. The number of hydrogen-bond acceptors (Lipinski definition) is 3. The highest BCUT2D eigenvalue weighted by atomic mass is 35.5. The van der Waals surface area contributed by atoms with Crippen molar-refractivity contribution in [2.75, 3.05) is 7.11 Å². The molecule has 26 heavy (non-hydrogen) atoms. The van der Waals surface area contributed by atoms with E-state index in [4.69, 9.17) is 22.1 Å². The lowest BCUT2D eigenvalue weighted by Crippen LogP contribution is -2.46. The molecule has 1 atom stereocenters. The first-order chi connectivity index (χ1) is 12.2. The van der Waals surface area contributed by atoms with Gasteiger partial charge in [-0.25, -0.2) is 13.2 Å². The molecular formula is C17H14ClF3N2O3. The van der Waals surface area contributed by atoms with E-state index in [2.05, 4.69) is 5.32 Å². The first-order valence-corrected chi connectivity index (χ1v) is 7.68. The summed E-state index contributed by atoms with van der Waals surface area (Å²) in [6.07, 6.45) is -0.0742. The topological polar surface area (TPSA) is 81.4 Å². The molecule has 2 aromatic carbocycles. The van der Waals surface area contributed by atoms with Gasteiger partial charge in [-0.2, -0.15) is 0 Å². The SMILES string of the molecule is COc1ccc(C[C@H](NC(=O)c2c(F)cc(F)cc2F)C(N)=O)cc1Cl. The van der Waals surface area contributed by atoms with Crippen molar-refractivity contribution in [1.29, 1.82) is 0 Å². The zero-order valence-electron chi connectivity index (χ0n) is 13.5. The van der Waals surface area contributed by atoms with E-state index >= 15 is 0 Å². The predicted octanol–water partition coefficient (Wildman–Crippen LogP) is 2.59. The number of carbonyl (C=O) groups excluding carboxylic acids is 2. The number of benzene rings is 2. The Hall–Kier alpha value is -2.74. The van der Waals surface area contributed by atoms with E-state index < -0.39 is 40.9 Å². The van der Waals surface area contributed by atoms with E-state index in [9.17, 15) is 22.8 Å². The van der Waals surface area contributed by atoms with Gasteiger partial charge in [0, 0.05) is 18.6 Å². The predicted molar refractivity (Wildman–Crippen MR) is 88.5 cm³/mol. The fourth-order valence-electron chi connectivity index (χ4n) is 2.28. The first kappa shape index (κ1) is 19.6. The van der Waals surface area contributed by atoms with Gasteiger partial charge in [-0.15, -0.1) is 0 Å². The number of nitrogens with two attached hydrogens (primary N) is 1. The largest absolute Gasteiger partial charge is 0.495 e. The number of nitrogens with one attached hydrogen (secondary N) is 1. The summed E-state index contributed by atoms with van der Waals surface area (Å²) in [5.41, 5.74) is 4.77. The van der Waals surface area contributed by atoms with Gasteiger partial charge in [0.25, 0.3) is 5.91 Å². The van der Waals surface area contributed by atoms with Crippen LogP contribution in [0.4, 0.5) is 13.2 Å². The highest BCUT2D eigenvalue weighted by molar-refractivity contribution is 6.32. The van der Waals surface area contributed by atoms with Crippen molar-refractivity contribution in [2.45, 2.75) is 12.5 Å². The van der Waals surface area contributed by atoms with Crippen molar-refractivity contribution in [1.82, 2.24) is 5.32 Å². The van der Waals surface area contributed by atoms with E-state index in [1.165, 1.54) is 13.2 Å². The van der Waals surface area contributed by atoms with Crippen molar-refractivity contribution < 1.29 is 27.5 Å². The van der Waals surface area contributed by atoms with Gasteiger partial charge in [-0.1, -0.05) is 17.7 Å². The molecular weight excluding hydrogens is 373 g/mol. The molecule has 0 bridgehead atoms. The van der Waals surface area contributed by atoms with Crippen molar-refractivity contribution in [2.24, 2.45) is 5.73 Å². The molecule has 3 N–H and O–H groups in total. The zero-order valence-corrected chi connectivity index (χ0v) is 14.2. The average molecular weight is 387 g/mol. The molecule has 0 heterocycles. The van der Waals surface area contributed by atoms with Gasteiger partial charge in [0.15, 0.2) is 0 Å². The third-order valence-electron chi connectivity index (χ3n) is 3.54. The second kappa shape index (κ2) is 8.09. The standard InChI is InChI=1S/C17H14ClF3N2O3/c1-26-14-3-2-8(4-10(14)18)5-13(16(22)24)23-17(25)15-11(20)6-9(19)7-12(15)21/h2-4,6-7,13H,5H2,1H3,(H2,22,24)(H,23,25)/t13-/m0/s1. The van der Waals surface area contributed by atoms with Crippen molar-refractivity contribution in [3.05, 3.63) is 63.9 Å². The lowest BCUT2D eigenvalue weighted by molar-refractivity contribution is -0.119. The van der Waals surface area contributed by atoms with E-state index in [1.807, 2.05) is 0 Å². The molecule has 0 radical (unpaired) electrons. The lowest BCUT2D eigenvalue weighted by atomic mass is 10.0. The van der Waals surface area contributed by atoms with Gasteiger partial charge in [0.2, 0.25) is 5.91 Å².